The number of ether oxygens (including phenoxy) is 2. The van der Waals surface area contributed by atoms with Crippen molar-refractivity contribution >= 4 is 28.8 Å². The largest absolute Gasteiger partial charge is 0.486 e. The Morgan fingerprint density at radius 3 is 2.66 bits per heavy atom. The Kier molecular flexibility index (Phi) is 5.48. The number of carbonyl (C=O) groups excluding carboxylic acids is 2. The zero-order chi connectivity index (χ0) is 20.2. The molecule has 148 valence electrons. The third kappa shape index (κ3) is 4.41. The van der Waals surface area contributed by atoms with Gasteiger partial charge in [-0.25, -0.2) is 0 Å². The maximum Gasteiger partial charge on any atom is 0.265 e. The first kappa shape index (κ1) is 19.0. The van der Waals surface area contributed by atoms with Gasteiger partial charge in [-0.1, -0.05) is 18.2 Å². The molecule has 7 heteroatoms. The summed E-state index contributed by atoms with van der Waals surface area (Å²) in [5.41, 5.74) is 2.04. The first-order valence-corrected chi connectivity index (χ1v) is 10.1. The van der Waals surface area contributed by atoms with Gasteiger partial charge < -0.3 is 19.7 Å². The van der Waals surface area contributed by atoms with E-state index in [4.69, 9.17) is 9.47 Å². The van der Waals surface area contributed by atoms with E-state index in [-0.39, 0.29) is 11.8 Å². The Labute approximate surface area is 172 Å². The van der Waals surface area contributed by atoms with Gasteiger partial charge in [0.05, 0.1) is 4.88 Å². The zero-order valence-electron chi connectivity index (χ0n) is 15.9. The fourth-order valence-corrected chi connectivity index (χ4v) is 3.70. The molecule has 0 aliphatic carbocycles. The van der Waals surface area contributed by atoms with E-state index < -0.39 is 0 Å². The number of anilines is 1. The molecule has 1 aliphatic rings. The van der Waals surface area contributed by atoms with Crippen molar-refractivity contribution < 1.29 is 19.1 Å². The van der Waals surface area contributed by atoms with Crippen LogP contribution in [0.25, 0.3) is 0 Å². The average Bonchev–Trinajstić information content (AvgIpc) is 3.28. The number of fused-ring (bicyclic) bond motifs is 1. The SMILES string of the molecule is CN(Cc1ccc2c(c1)OCCO2)C(=O)c1cccc(NC(=O)c2cccs2)c1. The van der Waals surface area contributed by atoms with E-state index in [0.29, 0.717) is 41.6 Å². The van der Waals surface area contributed by atoms with Crippen LogP contribution in [0.4, 0.5) is 5.69 Å². The summed E-state index contributed by atoms with van der Waals surface area (Å²) in [6, 6.07) is 16.2. The average molecular weight is 408 g/mol. The molecular weight excluding hydrogens is 388 g/mol. The normalized spacial score (nSPS) is 12.3. The quantitative estimate of drug-likeness (QED) is 0.692. The van der Waals surface area contributed by atoms with Gasteiger partial charge in [-0.05, 0) is 47.3 Å². The fraction of sp³-hybridized carbons (Fsp3) is 0.182. The lowest BCUT2D eigenvalue weighted by Crippen LogP contribution is -2.26. The molecule has 3 aromatic rings. The standard InChI is InChI=1S/C22H20N2O4S/c1-24(14-15-7-8-18-19(12-15)28-10-9-27-18)22(26)16-4-2-5-17(13-16)23-21(25)20-6-3-11-29-20/h2-8,11-13H,9-10,14H2,1H3,(H,23,25). The summed E-state index contributed by atoms with van der Waals surface area (Å²) in [4.78, 5) is 27.3. The van der Waals surface area contributed by atoms with E-state index in [1.165, 1.54) is 11.3 Å². The molecular formula is C22H20N2O4S. The van der Waals surface area contributed by atoms with Crippen molar-refractivity contribution in [3.8, 4) is 11.5 Å². The molecule has 0 saturated carbocycles. The number of thiophene rings is 1. The molecule has 4 rings (SSSR count). The van der Waals surface area contributed by atoms with E-state index in [2.05, 4.69) is 5.32 Å². The highest BCUT2D eigenvalue weighted by Gasteiger charge is 2.16. The van der Waals surface area contributed by atoms with Crippen molar-refractivity contribution in [1.29, 1.82) is 0 Å². The number of benzene rings is 2. The molecule has 0 radical (unpaired) electrons. The fourth-order valence-electron chi connectivity index (χ4n) is 3.08. The molecule has 0 fully saturated rings. The Hall–Kier alpha value is -3.32. The molecule has 0 spiro atoms. The predicted octanol–water partition coefficient (Wildman–Crippen LogP) is 4.04. The molecule has 0 unspecified atom stereocenters. The molecule has 1 N–H and O–H groups in total. The summed E-state index contributed by atoms with van der Waals surface area (Å²) in [5.74, 6) is 1.11. The molecule has 0 atom stereocenters. The van der Waals surface area contributed by atoms with Gasteiger partial charge in [-0.2, -0.15) is 0 Å². The van der Waals surface area contributed by atoms with Crippen LogP contribution < -0.4 is 14.8 Å². The lowest BCUT2D eigenvalue weighted by molar-refractivity contribution is 0.0784. The molecule has 0 bridgehead atoms. The third-order valence-corrected chi connectivity index (χ3v) is 5.35. The van der Waals surface area contributed by atoms with E-state index >= 15 is 0 Å². The second kappa shape index (κ2) is 8.36. The predicted molar refractivity (Wildman–Crippen MR) is 112 cm³/mol. The summed E-state index contributed by atoms with van der Waals surface area (Å²) in [7, 11) is 1.75. The zero-order valence-corrected chi connectivity index (χ0v) is 16.7. The molecule has 6 nitrogen and oxygen atoms in total. The van der Waals surface area contributed by atoms with Crippen molar-refractivity contribution in [1.82, 2.24) is 4.90 Å². The molecule has 2 heterocycles. The lowest BCUT2D eigenvalue weighted by Gasteiger charge is -2.21. The number of amides is 2. The highest BCUT2D eigenvalue weighted by Crippen LogP contribution is 2.31. The van der Waals surface area contributed by atoms with Crippen LogP contribution in [0.5, 0.6) is 11.5 Å². The van der Waals surface area contributed by atoms with Gasteiger partial charge in [0.1, 0.15) is 13.2 Å². The molecule has 2 amide bonds. The number of hydrogen-bond acceptors (Lipinski definition) is 5. The van der Waals surface area contributed by atoms with E-state index in [1.54, 1.807) is 42.3 Å². The van der Waals surface area contributed by atoms with Gasteiger partial charge in [0.15, 0.2) is 11.5 Å². The third-order valence-electron chi connectivity index (χ3n) is 4.49. The van der Waals surface area contributed by atoms with Gasteiger partial charge in [0.25, 0.3) is 11.8 Å². The minimum absolute atomic E-state index is 0.132. The first-order chi connectivity index (χ1) is 14.1. The Bertz CT molecular complexity index is 1030. The van der Waals surface area contributed by atoms with Crippen LogP contribution in [0, 0.1) is 0 Å². The smallest absolute Gasteiger partial charge is 0.265 e. The van der Waals surface area contributed by atoms with Crippen LogP contribution in [0.2, 0.25) is 0 Å². The Balaban J connectivity index is 1.44. The summed E-state index contributed by atoms with van der Waals surface area (Å²) < 4.78 is 11.1. The second-order valence-electron chi connectivity index (χ2n) is 6.65. The molecule has 1 aliphatic heterocycles. The summed E-state index contributed by atoms with van der Waals surface area (Å²) in [6.07, 6.45) is 0. The number of nitrogens with zero attached hydrogens (tertiary/aromatic N) is 1. The van der Waals surface area contributed by atoms with E-state index in [0.717, 1.165) is 11.3 Å². The monoisotopic (exact) mass is 408 g/mol. The van der Waals surface area contributed by atoms with E-state index in [1.807, 2.05) is 29.6 Å². The summed E-state index contributed by atoms with van der Waals surface area (Å²) >= 11 is 1.37. The van der Waals surface area contributed by atoms with Crippen molar-refractivity contribution in [3.63, 3.8) is 0 Å². The number of hydrogen-bond donors (Lipinski definition) is 1. The topological polar surface area (TPSA) is 67.9 Å². The number of carbonyl (C=O) groups is 2. The summed E-state index contributed by atoms with van der Waals surface area (Å²) in [5, 5.41) is 4.68. The molecule has 0 saturated heterocycles. The second-order valence-corrected chi connectivity index (χ2v) is 7.60. The van der Waals surface area contributed by atoms with Gasteiger partial charge >= 0.3 is 0 Å². The van der Waals surface area contributed by atoms with Gasteiger partial charge in [0.2, 0.25) is 0 Å². The van der Waals surface area contributed by atoms with Gasteiger partial charge in [-0.15, -0.1) is 11.3 Å². The van der Waals surface area contributed by atoms with Crippen LogP contribution in [-0.2, 0) is 6.54 Å². The molecule has 1 aromatic heterocycles. The van der Waals surface area contributed by atoms with Crippen molar-refractivity contribution in [2.75, 3.05) is 25.6 Å². The van der Waals surface area contributed by atoms with Crippen LogP contribution in [0.1, 0.15) is 25.6 Å². The van der Waals surface area contributed by atoms with Crippen LogP contribution >= 0.6 is 11.3 Å². The highest BCUT2D eigenvalue weighted by molar-refractivity contribution is 7.12. The Morgan fingerprint density at radius 2 is 1.86 bits per heavy atom. The number of nitrogens with one attached hydrogen (secondary N) is 1. The Morgan fingerprint density at radius 1 is 1.03 bits per heavy atom. The van der Waals surface area contributed by atoms with Crippen LogP contribution in [0.3, 0.4) is 0 Å². The molecule has 2 aromatic carbocycles. The number of rotatable bonds is 5. The maximum absolute atomic E-state index is 12.9. The van der Waals surface area contributed by atoms with E-state index in [9.17, 15) is 9.59 Å². The minimum Gasteiger partial charge on any atom is -0.486 e. The minimum atomic E-state index is -0.186. The van der Waals surface area contributed by atoms with Crippen LogP contribution in [0.15, 0.2) is 60.0 Å². The van der Waals surface area contributed by atoms with Gasteiger partial charge in [-0.3, -0.25) is 9.59 Å². The van der Waals surface area contributed by atoms with Crippen molar-refractivity contribution in [3.05, 3.63) is 76.0 Å². The van der Waals surface area contributed by atoms with Gasteiger partial charge in [0, 0.05) is 24.8 Å². The van der Waals surface area contributed by atoms with Crippen molar-refractivity contribution in [2.45, 2.75) is 6.54 Å². The lowest BCUT2D eigenvalue weighted by atomic mass is 10.1. The first-order valence-electron chi connectivity index (χ1n) is 9.19. The van der Waals surface area contributed by atoms with Crippen LogP contribution in [-0.4, -0.2) is 37.0 Å². The molecule has 29 heavy (non-hydrogen) atoms. The summed E-state index contributed by atoms with van der Waals surface area (Å²) in [6.45, 7) is 1.50. The van der Waals surface area contributed by atoms with Crippen molar-refractivity contribution in [2.24, 2.45) is 0 Å². The maximum atomic E-state index is 12.9. The highest BCUT2D eigenvalue weighted by atomic mass is 32.1.